The van der Waals surface area contributed by atoms with Gasteiger partial charge in [0.25, 0.3) is 0 Å². The average Bonchev–Trinajstić information content (AvgIpc) is 3.05. The van der Waals surface area contributed by atoms with Crippen molar-refractivity contribution in [3.8, 4) is 0 Å². The second kappa shape index (κ2) is 7.42. The molecule has 1 fully saturated rings. The molecule has 0 spiro atoms. The number of carboxylic acid groups (broad SMARTS) is 1. The zero-order valence-corrected chi connectivity index (χ0v) is 13.2. The van der Waals surface area contributed by atoms with Gasteiger partial charge in [0.2, 0.25) is 0 Å². The van der Waals surface area contributed by atoms with Gasteiger partial charge in [0.05, 0.1) is 11.6 Å². The lowest BCUT2D eigenvalue weighted by Gasteiger charge is -2.20. The molecule has 120 valence electrons. The van der Waals surface area contributed by atoms with E-state index in [2.05, 4.69) is 10.3 Å². The molecule has 0 aliphatic carbocycles. The lowest BCUT2D eigenvalue weighted by atomic mass is 10.3. The highest BCUT2D eigenvalue weighted by atomic mass is 32.1. The highest BCUT2D eigenvalue weighted by Gasteiger charge is 2.28. The number of aromatic nitrogens is 1. The van der Waals surface area contributed by atoms with E-state index in [0.29, 0.717) is 43.0 Å². The van der Waals surface area contributed by atoms with Gasteiger partial charge in [0, 0.05) is 19.5 Å². The summed E-state index contributed by atoms with van der Waals surface area (Å²) in [7, 11) is 0. The van der Waals surface area contributed by atoms with Crippen molar-refractivity contribution in [1.82, 2.24) is 15.2 Å². The summed E-state index contributed by atoms with van der Waals surface area (Å²) in [6.07, 6.45) is 1.92. The Morgan fingerprint density at radius 1 is 1.59 bits per heavy atom. The van der Waals surface area contributed by atoms with Crippen LogP contribution in [-0.2, 0) is 4.79 Å². The van der Waals surface area contributed by atoms with Crippen LogP contribution in [0, 0.1) is 10.1 Å². The van der Waals surface area contributed by atoms with Crippen LogP contribution < -0.4 is 10.2 Å². The predicted octanol–water partition coefficient (Wildman–Crippen LogP) is 0.870. The molecule has 1 aliphatic heterocycles. The van der Waals surface area contributed by atoms with E-state index >= 15 is 0 Å². The van der Waals surface area contributed by atoms with Gasteiger partial charge >= 0.3 is 11.0 Å². The fourth-order valence-electron chi connectivity index (χ4n) is 1.95. The van der Waals surface area contributed by atoms with Gasteiger partial charge < -0.3 is 10.0 Å². The van der Waals surface area contributed by atoms with Crippen LogP contribution in [0.2, 0.25) is 0 Å². The zero-order chi connectivity index (χ0) is 16.1. The number of nitrogens with zero attached hydrogens (tertiary/aromatic N) is 4. The number of hydrogen-bond acceptors (Lipinski definition) is 7. The first-order chi connectivity index (χ1) is 10.5. The molecule has 0 aromatic carbocycles. The lowest BCUT2D eigenvalue weighted by Crippen LogP contribution is -2.38. The number of aliphatic carboxylic acids is 1. The van der Waals surface area contributed by atoms with Gasteiger partial charge in [-0.2, -0.15) is 0 Å². The molecule has 2 N–H and O–H groups in total. The standard InChI is InChI=1S/C11H15N5O4S2/c17-9(18)2-1-3-12-7-14-4-5-15(11(14)21)10-13-6-8(22-10)16(19)20/h6,12H,1-5,7H2,(H,17,18). The summed E-state index contributed by atoms with van der Waals surface area (Å²) in [4.78, 5) is 28.3. The van der Waals surface area contributed by atoms with E-state index < -0.39 is 10.9 Å². The minimum Gasteiger partial charge on any atom is -0.481 e. The summed E-state index contributed by atoms with van der Waals surface area (Å²) < 4.78 is 0. The third-order valence-electron chi connectivity index (χ3n) is 3.03. The fraction of sp³-hybridized carbons (Fsp3) is 0.545. The molecule has 0 unspecified atom stereocenters. The summed E-state index contributed by atoms with van der Waals surface area (Å²) in [5, 5.41) is 23.4. The van der Waals surface area contributed by atoms with Gasteiger partial charge in [0.15, 0.2) is 10.2 Å². The monoisotopic (exact) mass is 345 g/mol. The summed E-state index contributed by atoms with van der Waals surface area (Å²) >= 11 is 6.35. The first kappa shape index (κ1) is 16.5. The number of anilines is 1. The van der Waals surface area contributed by atoms with Gasteiger partial charge in [-0.25, -0.2) is 4.98 Å². The first-order valence-corrected chi connectivity index (χ1v) is 7.80. The minimum atomic E-state index is -0.810. The Morgan fingerprint density at radius 3 is 3.00 bits per heavy atom. The maximum atomic E-state index is 10.7. The molecule has 0 radical (unpaired) electrons. The lowest BCUT2D eigenvalue weighted by molar-refractivity contribution is -0.380. The third kappa shape index (κ3) is 4.08. The van der Waals surface area contributed by atoms with Crippen LogP contribution in [0.15, 0.2) is 6.20 Å². The maximum absolute atomic E-state index is 10.7. The molecule has 0 atom stereocenters. The van der Waals surface area contributed by atoms with Crippen molar-refractivity contribution >= 4 is 44.8 Å². The predicted molar refractivity (Wildman–Crippen MR) is 85.2 cm³/mol. The van der Waals surface area contributed by atoms with Crippen LogP contribution in [-0.4, -0.2) is 57.3 Å². The molecule has 0 amide bonds. The molecule has 2 rings (SSSR count). The van der Waals surface area contributed by atoms with Gasteiger partial charge in [-0.3, -0.25) is 25.1 Å². The van der Waals surface area contributed by atoms with E-state index in [9.17, 15) is 14.9 Å². The van der Waals surface area contributed by atoms with E-state index in [1.165, 1.54) is 6.20 Å². The summed E-state index contributed by atoms with van der Waals surface area (Å²) in [6.45, 7) is 2.43. The van der Waals surface area contributed by atoms with E-state index in [0.717, 1.165) is 11.3 Å². The molecular weight excluding hydrogens is 330 g/mol. The van der Waals surface area contributed by atoms with Crippen LogP contribution in [0.1, 0.15) is 12.8 Å². The Labute approximate surface area is 135 Å². The van der Waals surface area contributed by atoms with Gasteiger partial charge in [0.1, 0.15) is 6.20 Å². The number of hydrogen-bond donors (Lipinski definition) is 2. The number of thiocarbonyl (C=S) groups is 1. The molecule has 22 heavy (non-hydrogen) atoms. The quantitative estimate of drug-likeness (QED) is 0.307. The Morgan fingerprint density at radius 2 is 2.36 bits per heavy atom. The largest absolute Gasteiger partial charge is 0.481 e. The number of carboxylic acids is 1. The molecule has 9 nitrogen and oxygen atoms in total. The minimum absolute atomic E-state index is 0.0111. The number of carbonyl (C=O) groups is 1. The molecule has 1 aromatic heterocycles. The van der Waals surface area contributed by atoms with Crippen molar-refractivity contribution in [2.75, 3.05) is 31.2 Å². The van der Waals surface area contributed by atoms with Crippen molar-refractivity contribution in [1.29, 1.82) is 0 Å². The van der Waals surface area contributed by atoms with Gasteiger partial charge in [-0.15, -0.1) is 0 Å². The van der Waals surface area contributed by atoms with Crippen LogP contribution >= 0.6 is 23.6 Å². The van der Waals surface area contributed by atoms with Crippen molar-refractivity contribution < 1.29 is 14.8 Å². The Bertz CT molecular complexity index is 579. The number of nitro groups is 1. The van der Waals surface area contributed by atoms with Gasteiger partial charge in [-0.1, -0.05) is 0 Å². The topological polar surface area (TPSA) is 112 Å². The molecule has 1 saturated heterocycles. The number of nitrogens with one attached hydrogen (secondary N) is 1. The second-order valence-electron chi connectivity index (χ2n) is 4.59. The molecule has 11 heteroatoms. The molecular formula is C11H15N5O4S2. The van der Waals surface area contributed by atoms with Crippen LogP contribution in [0.25, 0.3) is 0 Å². The van der Waals surface area contributed by atoms with Crippen molar-refractivity contribution in [3.63, 3.8) is 0 Å². The van der Waals surface area contributed by atoms with Crippen LogP contribution in [0.3, 0.4) is 0 Å². The summed E-state index contributed by atoms with van der Waals surface area (Å²) in [6, 6.07) is 0. The highest BCUT2D eigenvalue weighted by Crippen LogP contribution is 2.30. The number of rotatable bonds is 8. The fourth-order valence-corrected chi connectivity index (χ4v) is 3.10. The third-order valence-corrected chi connectivity index (χ3v) is 4.48. The molecule has 1 aliphatic rings. The van der Waals surface area contributed by atoms with E-state index in [1.807, 2.05) is 4.90 Å². The Hall–Kier alpha value is -1.85. The summed E-state index contributed by atoms with van der Waals surface area (Å²) in [5.74, 6) is -0.810. The second-order valence-corrected chi connectivity index (χ2v) is 5.94. The maximum Gasteiger partial charge on any atom is 0.345 e. The Kier molecular flexibility index (Phi) is 5.57. The molecule has 2 heterocycles. The zero-order valence-electron chi connectivity index (χ0n) is 11.6. The Balaban J connectivity index is 1.81. The first-order valence-electron chi connectivity index (χ1n) is 6.58. The van der Waals surface area contributed by atoms with E-state index in [-0.39, 0.29) is 11.4 Å². The normalized spacial score (nSPS) is 14.6. The highest BCUT2D eigenvalue weighted by molar-refractivity contribution is 7.80. The van der Waals surface area contributed by atoms with Crippen molar-refractivity contribution in [2.45, 2.75) is 12.8 Å². The number of thiazole rings is 1. The van der Waals surface area contributed by atoms with E-state index in [4.69, 9.17) is 17.3 Å². The van der Waals surface area contributed by atoms with Crippen LogP contribution in [0.5, 0.6) is 0 Å². The molecule has 0 bridgehead atoms. The van der Waals surface area contributed by atoms with Crippen molar-refractivity contribution in [2.24, 2.45) is 0 Å². The molecule has 0 saturated carbocycles. The van der Waals surface area contributed by atoms with Crippen molar-refractivity contribution in [3.05, 3.63) is 16.3 Å². The molecule has 1 aromatic rings. The van der Waals surface area contributed by atoms with Gasteiger partial charge in [-0.05, 0) is 36.5 Å². The smallest absolute Gasteiger partial charge is 0.345 e. The van der Waals surface area contributed by atoms with Crippen LogP contribution in [0.4, 0.5) is 10.1 Å². The average molecular weight is 345 g/mol. The SMILES string of the molecule is O=C(O)CCCNCN1CCN(c2ncc([N+](=O)[O-])s2)C1=S. The summed E-state index contributed by atoms with van der Waals surface area (Å²) in [5.41, 5.74) is 0. The van der Waals surface area contributed by atoms with E-state index in [1.54, 1.807) is 4.90 Å².